The first-order valence-corrected chi connectivity index (χ1v) is 8.60. The Bertz CT molecular complexity index is 1070. The summed E-state index contributed by atoms with van der Waals surface area (Å²) in [5.74, 6) is 0.952. The van der Waals surface area contributed by atoms with Crippen LogP contribution in [0.25, 0.3) is 17.1 Å². The largest absolute Gasteiger partial charge is 0.496 e. The van der Waals surface area contributed by atoms with E-state index >= 15 is 0 Å². The molecule has 0 saturated carbocycles. The van der Waals surface area contributed by atoms with Gasteiger partial charge >= 0.3 is 0 Å². The maximum atomic E-state index is 14.6. The number of nitrogens with zero attached hydrogens (tertiary/aromatic N) is 4. The number of hydrogen-bond donors (Lipinski definition) is 0. The minimum absolute atomic E-state index is 0.305. The maximum Gasteiger partial charge on any atom is 0.153 e. The highest BCUT2D eigenvalue weighted by Crippen LogP contribution is 2.34. The highest BCUT2D eigenvalue weighted by atomic mass is 19.1. The Balaban J connectivity index is 1.74. The molecule has 3 aromatic heterocycles. The monoisotopic (exact) mass is 362 g/mol. The lowest BCUT2D eigenvalue weighted by atomic mass is 10.1. The second-order valence-electron chi connectivity index (χ2n) is 6.32. The summed E-state index contributed by atoms with van der Waals surface area (Å²) in [5.41, 5.74) is 3.34. The van der Waals surface area contributed by atoms with Gasteiger partial charge in [0.15, 0.2) is 5.82 Å². The van der Waals surface area contributed by atoms with Crippen LogP contribution in [0.3, 0.4) is 0 Å². The second-order valence-corrected chi connectivity index (χ2v) is 6.32. The quantitative estimate of drug-likeness (QED) is 0.533. The summed E-state index contributed by atoms with van der Waals surface area (Å²) >= 11 is 0. The Morgan fingerprint density at radius 1 is 1.11 bits per heavy atom. The molecule has 0 amide bonds. The van der Waals surface area contributed by atoms with E-state index in [0.29, 0.717) is 17.9 Å². The zero-order chi connectivity index (χ0) is 18.8. The van der Waals surface area contributed by atoms with E-state index in [0.717, 1.165) is 22.6 Å². The van der Waals surface area contributed by atoms with Crippen molar-refractivity contribution in [1.29, 1.82) is 0 Å². The van der Waals surface area contributed by atoms with Crippen molar-refractivity contribution in [2.45, 2.75) is 13.5 Å². The molecule has 0 saturated heterocycles. The Morgan fingerprint density at radius 2 is 2.00 bits per heavy atom. The molecule has 0 unspecified atom stereocenters. The molecule has 3 heterocycles. The lowest BCUT2D eigenvalue weighted by Crippen LogP contribution is -2.04. The Kier molecular flexibility index (Phi) is 4.46. The van der Waals surface area contributed by atoms with Gasteiger partial charge in [0.2, 0.25) is 0 Å². The molecule has 136 valence electrons. The highest BCUT2D eigenvalue weighted by molar-refractivity contribution is 5.69. The normalized spacial score (nSPS) is 10.9. The van der Waals surface area contributed by atoms with Crippen LogP contribution in [-0.2, 0) is 6.54 Å². The zero-order valence-electron chi connectivity index (χ0n) is 15.1. The van der Waals surface area contributed by atoms with Gasteiger partial charge in [-0.25, -0.2) is 14.1 Å². The summed E-state index contributed by atoms with van der Waals surface area (Å²) in [5, 5.41) is 4.22. The van der Waals surface area contributed by atoms with Crippen LogP contribution in [0, 0.1) is 12.7 Å². The van der Waals surface area contributed by atoms with Gasteiger partial charge in [0.1, 0.15) is 11.6 Å². The molecule has 0 fully saturated rings. The predicted molar refractivity (Wildman–Crippen MR) is 102 cm³/mol. The summed E-state index contributed by atoms with van der Waals surface area (Å²) in [6.45, 7) is 2.58. The molecule has 27 heavy (non-hydrogen) atoms. The molecule has 4 aromatic rings. The van der Waals surface area contributed by atoms with Crippen LogP contribution in [0.1, 0.15) is 11.1 Å². The molecule has 6 heteroatoms. The van der Waals surface area contributed by atoms with Crippen LogP contribution in [0.5, 0.6) is 5.75 Å². The van der Waals surface area contributed by atoms with E-state index in [1.54, 1.807) is 36.3 Å². The number of rotatable bonds is 5. The molecule has 0 atom stereocenters. The van der Waals surface area contributed by atoms with Gasteiger partial charge in [0.25, 0.3) is 0 Å². The third kappa shape index (κ3) is 3.33. The van der Waals surface area contributed by atoms with Gasteiger partial charge < -0.3 is 9.30 Å². The van der Waals surface area contributed by atoms with Crippen LogP contribution in [0.15, 0.2) is 67.3 Å². The minimum Gasteiger partial charge on any atom is -0.496 e. The van der Waals surface area contributed by atoms with Gasteiger partial charge in [-0.3, -0.25) is 0 Å². The molecule has 0 aliphatic carbocycles. The SMILES string of the molecule is COc1cccc(F)c1-c1cc(C)cn1Cc1ccnc(-n2cccn2)c1. The van der Waals surface area contributed by atoms with Crippen molar-refractivity contribution in [1.82, 2.24) is 19.3 Å². The van der Waals surface area contributed by atoms with E-state index in [4.69, 9.17) is 4.74 Å². The van der Waals surface area contributed by atoms with Gasteiger partial charge in [0.05, 0.1) is 18.4 Å². The van der Waals surface area contributed by atoms with E-state index < -0.39 is 0 Å². The van der Waals surface area contributed by atoms with Crippen molar-refractivity contribution in [2.75, 3.05) is 7.11 Å². The molecule has 0 bridgehead atoms. The molecular weight excluding hydrogens is 343 g/mol. The van der Waals surface area contributed by atoms with Crippen LogP contribution >= 0.6 is 0 Å². The van der Waals surface area contributed by atoms with Crippen molar-refractivity contribution in [2.24, 2.45) is 0 Å². The Labute approximate surface area is 156 Å². The number of benzene rings is 1. The number of pyridine rings is 1. The molecule has 0 aliphatic rings. The van der Waals surface area contributed by atoms with E-state index in [1.807, 2.05) is 48.1 Å². The maximum absolute atomic E-state index is 14.6. The summed E-state index contributed by atoms with van der Waals surface area (Å²) in [6.07, 6.45) is 7.33. The molecule has 0 aliphatic heterocycles. The van der Waals surface area contributed by atoms with Crippen LogP contribution in [-0.4, -0.2) is 26.4 Å². The van der Waals surface area contributed by atoms with Crippen molar-refractivity contribution < 1.29 is 9.13 Å². The van der Waals surface area contributed by atoms with E-state index in [9.17, 15) is 4.39 Å². The van der Waals surface area contributed by atoms with Crippen molar-refractivity contribution >= 4 is 0 Å². The number of aromatic nitrogens is 4. The van der Waals surface area contributed by atoms with Crippen LogP contribution in [0.4, 0.5) is 4.39 Å². The minimum atomic E-state index is -0.305. The zero-order valence-corrected chi connectivity index (χ0v) is 15.1. The first-order chi connectivity index (χ1) is 13.2. The lowest BCUT2D eigenvalue weighted by Gasteiger charge is -2.14. The standard InChI is InChI=1S/C21H19FN4O/c1-15-11-18(21-17(22)5-3-6-19(21)27-2)25(13-15)14-16-7-9-23-20(12-16)26-10-4-8-24-26/h3-13H,14H2,1-2H3. The molecule has 1 aromatic carbocycles. The summed E-state index contributed by atoms with van der Waals surface area (Å²) < 4.78 is 23.7. The Hall–Kier alpha value is -3.41. The van der Waals surface area contributed by atoms with E-state index in [1.165, 1.54) is 6.07 Å². The van der Waals surface area contributed by atoms with Crippen LogP contribution in [0.2, 0.25) is 0 Å². The number of methoxy groups -OCH3 is 1. The summed E-state index contributed by atoms with van der Waals surface area (Å²) in [6, 6.07) is 12.6. The average Bonchev–Trinajstić information content (AvgIpc) is 3.32. The second kappa shape index (κ2) is 7.07. The van der Waals surface area contributed by atoms with Gasteiger partial charge in [-0.05, 0) is 54.4 Å². The third-order valence-corrected chi connectivity index (χ3v) is 4.39. The third-order valence-electron chi connectivity index (χ3n) is 4.39. The first-order valence-electron chi connectivity index (χ1n) is 8.60. The van der Waals surface area contributed by atoms with Crippen molar-refractivity contribution in [3.8, 4) is 22.8 Å². The van der Waals surface area contributed by atoms with Crippen molar-refractivity contribution in [3.05, 3.63) is 84.2 Å². The molecule has 5 nitrogen and oxygen atoms in total. The molecule has 0 spiro atoms. The van der Waals surface area contributed by atoms with E-state index in [2.05, 4.69) is 10.1 Å². The summed E-state index contributed by atoms with van der Waals surface area (Å²) in [4.78, 5) is 4.36. The fourth-order valence-electron chi connectivity index (χ4n) is 3.21. The van der Waals surface area contributed by atoms with Gasteiger partial charge in [-0.2, -0.15) is 5.10 Å². The fraction of sp³-hybridized carbons (Fsp3) is 0.143. The molecule has 4 rings (SSSR count). The van der Waals surface area contributed by atoms with Crippen LogP contribution < -0.4 is 4.74 Å². The Morgan fingerprint density at radius 3 is 2.78 bits per heavy atom. The smallest absolute Gasteiger partial charge is 0.153 e. The lowest BCUT2D eigenvalue weighted by molar-refractivity contribution is 0.413. The van der Waals surface area contributed by atoms with Crippen molar-refractivity contribution in [3.63, 3.8) is 0 Å². The highest BCUT2D eigenvalue weighted by Gasteiger charge is 2.16. The topological polar surface area (TPSA) is 44.9 Å². The van der Waals surface area contributed by atoms with Gasteiger partial charge in [0, 0.05) is 31.3 Å². The number of hydrogen-bond acceptors (Lipinski definition) is 3. The summed E-state index contributed by atoms with van der Waals surface area (Å²) in [7, 11) is 1.55. The molecule has 0 N–H and O–H groups in total. The molecule has 0 radical (unpaired) electrons. The fourth-order valence-corrected chi connectivity index (χ4v) is 3.21. The molecular formula is C21H19FN4O. The van der Waals surface area contributed by atoms with E-state index in [-0.39, 0.29) is 5.82 Å². The average molecular weight is 362 g/mol. The first kappa shape index (κ1) is 17.0. The predicted octanol–water partition coefficient (Wildman–Crippen LogP) is 4.24. The van der Waals surface area contributed by atoms with Gasteiger partial charge in [-0.15, -0.1) is 0 Å². The van der Waals surface area contributed by atoms with Gasteiger partial charge in [-0.1, -0.05) is 6.07 Å². The number of aryl methyl sites for hydroxylation is 1. The number of halogens is 1. The number of ether oxygens (including phenoxy) is 1.